The Hall–Kier alpha value is -3.33. The molecule has 0 atom stereocenters. The lowest BCUT2D eigenvalue weighted by atomic mass is 9.83. The summed E-state index contributed by atoms with van der Waals surface area (Å²) in [5, 5.41) is 0. The fourth-order valence-electron chi connectivity index (χ4n) is 3.00. The summed E-state index contributed by atoms with van der Waals surface area (Å²) in [5.74, 6) is -0.570. The molecule has 0 N–H and O–H groups in total. The van der Waals surface area contributed by atoms with Gasteiger partial charge >= 0.3 is 0 Å². The zero-order chi connectivity index (χ0) is 16.7. The smallest absolute Gasteiger partial charge is 0.194 e. The highest BCUT2D eigenvalue weighted by Crippen LogP contribution is 2.28. The van der Waals surface area contributed by atoms with Crippen molar-refractivity contribution in [3.8, 4) is 0 Å². The predicted molar refractivity (Wildman–Crippen MR) is 89.6 cm³/mol. The quantitative estimate of drug-likeness (QED) is 0.530. The van der Waals surface area contributed by atoms with Crippen LogP contribution in [-0.4, -0.2) is 17.3 Å². The van der Waals surface area contributed by atoms with Crippen molar-refractivity contribution in [2.75, 3.05) is 0 Å². The first-order chi connectivity index (χ1) is 11.7. The van der Waals surface area contributed by atoms with E-state index in [0.29, 0.717) is 33.4 Å². The van der Waals surface area contributed by atoms with Crippen molar-refractivity contribution in [2.45, 2.75) is 0 Å². The summed E-state index contributed by atoms with van der Waals surface area (Å²) in [6.45, 7) is 0. The molecule has 114 valence electrons. The van der Waals surface area contributed by atoms with E-state index < -0.39 is 0 Å². The van der Waals surface area contributed by atoms with Crippen LogP contribution >= 0.6 is 0 Å². The number of hydrogen-bond acceptors (Lipinski definition) is 3. The van der Waals surface area contributed by atoms with Crippen LogP contribution in [0.15, 0.2) is 72.8 Å². The summed E-state index contributed by atoms with van der Waals surface area (Å²) < 4.78 is 0. The van der Waals surface area contributed by atoms with Crippen LogP contribution in [0, 0.1) is 0 Å². The van der Waals surface area contributed by atoms with Crippen molar-refractivity contribution < 1.29 is 14.4 Å². The number of benzene rings is 3. The van der Waals surface area contributed by atoms with Crippen LogP contribution in [-0.2, 0) is 0 Å². The molecule has 4 rings (SSSR count). The molecule has 0 amide bonds. The topological polar surface area (TPSA) is 51.2 Å². The second kappa shape index (κ2) is 5.39. The Bertz CT molecular complexity index is 1000. The van der Waals surface area contributed by atoms with Gasteiger partial charge in [-0.15, -0.1) is 0 Å². The Labute approximate surface area is 138 Å². The summed E-state index contributed by atoms with van der Waals surface area (Å²) in [6.07, 6.45) is 0. The molecule has 0 aromatic heterocycles. The first-order valence-electron chi connectivity index (χ1n) is 7.59. The molecular formula is C21H12O3. The van der Waals surface area contributed by atoms with E-state index in [9.17, 15) is 14.4 Å². The fourth-order valence-corrected chi connectivity index (χ4v) is 3.00. The van der Waals surface area contributed by atoms with E-state index in [1.54, 1.807) is 60.7 Å². The van der Waals surface area contributed by atoms with Crippen LogP contribution in [0.2, 0.25) is 0 Å². The van der Waals surface area contributed by atoms with E-state index in [2.05, 4.69) is 0 Å². The van der Waals surface area contributed by atoms with Gasteiger partial charge in [0.1, 0.15) is 0 Å². The fraction of sp³-hybridized carbons (Fsp3) is 0. The zero-order valence-electron chi connectivity index (χ0n) is 12.7. The molecule has 0 unspecified atom stereocenters. The number of ketones is 3. The van der Waals surface area contributed by atoms with Crippen LogP contribution in [0.4, 0.5) is 0 Å². The average Bonchev–Trinajstić information content (AvgIpc) is 2.66. The lowest BCUT2D eigenvalue weighted by Gasteiger charge is -2.17. The molecule has 3 aromatic carbocycles. The molecule has 0 saturated heterocycles. The van der Waals surface area contributed by atoms with E-state index in [-0.39, 0.29) is 17.3 Å². The maximum atomic E-state index is 12.7. The minimum absolute atomic E-state index is 0.169. The van der Waals surface area contributed by atoms with E-state index in [1.807, 2.05) is 6.07 Å². The first kappa shape index (κ1) is 14.3. The van der Waals surface area contributed by atoms with Gasteiger partial charge in [0.2, 0.25) is 0 Å². The van der Waals surface area contributed by atoms with Gasteiger partial charge in [0.05, 0.1) is 0 Å². The molecule has 0 saturated carbocycles. The Morgan fingerprint density at radius 3 is 1.75 bits per heavy atom. The number of carbonyl (C=O) groups excluding carboxylic acids is 3. The standard InChI is InChI=1S/C21H12O3/c22-19(13-6-2-1-3-7-13)14-10-11-17-18(12-14)21(24)16-9-5-4-8-15(16)20(17)23/h1-12H. The highest BCUT2D eigenvalue weighted by Gasteiger charge is 2.29. The SMILES string of the molecule is O=C(c1ccccc1)c1ccc2c(c1)C(=O)c1ccccc1C2=O. The Balaban J connectivity index is 1.83. The number of carbonyl (C=O) groups is 3. The van der Waals surface area contributed by atoms with Gasteiger partial charge < -0.3 is 0 Å². The van der Waals surface area contributed by atoms with Crippen molar-refractivity contribution in [1.82, 2.24) is 0 Å². The second-order valence-corrected chi connectivity index (χ2v) is 5.66. The largest absolute Gasteiger partial charge is 0.289 e. The maximum absolute atomic E-state index is 12.7. The van der Waals surface area contributed by atoms with Gasteiger partial charge in [0, 0.05) is 33.4 Å². The van der Waals surface area contributed by atoms with E-state index in [0.717, 1.165) is 0 Å². The van der Waals surface area contributed by atoms with Gasteiger partial charge in [-0.2, -0.15) is 0 Å². The monoisotopic (exact) mass is 312 g/mol. The maximum Gasteiger partial charge on any atom is 0.194 e. The number of fused-ring (bicyclic) bond motifs is 2. The molecule has 0 fully saturated rings. The summed E-state index contributed by atoms with van der Waals surface area (Å²) in [6, 6.07) is 20.3. The van der Waals surface area contributed by atoms with Crippen LogP contribution in [0.1, 0.15) is 47.8 Å². The molecule has 0 spiro atoms. The lowest BCUT2D eigenvalue weighted by Crippen LogP contribution is -2.21. The first-order valence-corrected chi connectivity index (χ1v) is 7.59. The molecular weight excluding hydrogens is 300 g/mol. The summed E-state index contributed by atoms with van der Waals surface area (Å²) in [7, 11) is 0. The molecule has 0 bridgehead atoms. The molecule has 3 aromatic rings. The van der Waals surface area contributed by atoms with Crippen LogP contribution < -0.4 is 0 Å². The van der Waals surface area contributed by atoms with Crippen molar-refractivity contribution in [3.63, 3.8) is 0 Å². The second-order valence-electron chi connectivity index (χ2n) is 5.66. The molecule has 0 heterocycles. The average molecular weight is 312 g/mol. The summed E-state index contributed by atoms with van der Waals surface area (Å²) in [5.41, 5.74) is 2.40. The van der Waals surface area contributed by atoms with Crippen molar-refractivity contribution in [1.29, 1.82) is 0 Å². The Morgan fingerprint density at radius 1 is 0.542 bits per heavy atom. The van der Waals surface area contributed by atoms with Crippen LogP contribution in [0.5, 0.6) is 0 Å². The zero-order valence-corrected chi connectivity index (χ0v) is 12.7. The molecule has 0 radical (unpaired) electrons. The van der Waals surface area contributed by atoms with Gasteiger partial charge in [-0.1, -0.05) is 60.7 Å². The van der Waals surface area contributed by atoms with Crippen LogP contribution in [0.3, 0.4) is 0 Å². The molecule has 1 aliphatic carbocycles. The molecule has 24 heavy (non-hydrogen) atoms. The number of rotatable bonds is 2. The molecule has 3 nitrogen and oxygen atoms in total. The normalized spacial score (nSPS) is 12.5. The van der Waals surface area contributed by atoms with Crippen molar-refractivity contribution >= 4 is 17.3 Å². The van der Waals surface area contributed by atoms with Crippen molar-refractivity contribution in [2.24, 2.45) is 0 Å². The third-order valence-electron chi connectivity index (χ3n) is 4.22. The Morgan fingerprint density at radius 2 is 1.08 bits per heavy atom. The minimum Gasteiger partial charge on any atom is -0.289 e. The third kappa shape index (κ3) is 2.10. The van der Waals surface area contributed by atoms with Gasteiger partial charge in [-0.25, -0.2) is 0 Å². The van der Waals surface area contributed by atoms with Crippen molar-refractivity contribution in [3.05, 3.63) is 106 Å². The van der Waals surface area contributed by atoms with E-state index >= 15 is 0 Å². The third-order valence-corrected chi connectivity index (χ3v) is 4.22. The molecule has 3 heteroatoms. The predicted octanol–water partition coefficient (Wildman–Crippen LogP) is 3.69. The highest BCUT2D eigenvalue weighted by molar-refractivity contribution is 6.29. The van der Waals surface area contributed by atoms with E-state index in [1.165, 1.54) is 6.07 Å². The summed E-state index contributed by atoms with van der Waals surface area (Å²) >= 11 is 0. The lowest BCUT2D eigenvalue weighted by molar-refractivity contribution is 0.0978. The molecule has 1 aliphatic rings. The van der Waals surface area contributed by atoms with E-state index in [4.69, 9.17) is 0 Å². The number of hydrogen-bond donors (Lipinski definition) is 0. The van der Waals surface area contributed by atoms with Gasteiger partial charge in [0.25, 0.3) is 0 Å². The van der Waals surface area contributed by atoms with Crippen LogP contribution in [0.25, 0.3) is 0 Å². The van der Waals surface area contributed by atoms with Gasteiger partial charge in [0.15, 0.2) is 17.3 Å². The highest BCUT2D eigenvalue weighted by atomic mass is 16.1. The minimum atomic E-state index is -0.220. The van der Waals surface area contributed by atoms with Gasteiger partial charge in [-0.3, -0.25) is 14.4 Å². The summed E-state index contributed by atoms with van der Waals surface area (Å²) in [4.78, 5) is 37.8. The van der Waals surface area contributed by atoms with Gasteiger partial charge in [-0.05, 0) is 12.1 Å². The molecule has 0 aliphatic heterocycles. The Kier molecular flexibility index (Phi) is 3.21.